The molecule has 0 radical (unpaired) electrons. The fraction of sp³-hybridized carbons (Fsp3) is 0.538. The summed E-state index contributed by atoms with van der Waals surface area (Å²) in [5.74, 6) is 0.217. The Morgan fingerprint density at radius 1 is 1.28 bits per heavy atom. The number of halogens is 2. The van der Waals surface area contributed by atoms with Crippen LogP contribution in [0.4, 0.5) is 0 Å². The highest BCUT2D eigenvalue weighted by molar-refractivity contribution is 6.33. The Morgan fingerprint density at radius 3 is 2.67 bits per heavy atom. The van der Waals surface area contributed by atoms with Crippen LogP contribution in [0, 0.1) is 0 Å². The zero-order valence-corrected chi connectivity index (χ0v) is 11.8. The maximum Gasteiger partial charge on any atom is 0.0594 e. The van der Waals surface area contributed by atoms with Gasteiger partial charge in [-0.2, -0.15) is 0 Å². The van der Waals surface area contributed by atoms with Gasteiger partial charge in [-0.1, -0.05) is 23.2 Å². The molecule has 2 N–H and O–H groups in total. The van der Waals surface area contributed by atoms with Crippen LogP contribution in [0.2, 0.25) is 10.0 Å². The van der Waals surface area contributed by atoms with Crippen molar-refractivity contribution < 1.29 is 4.74 Å². The lowest BCUT2D eigenvalue weighted by atomic mass is 9.98. The van der Waals surface area contributed by atoms with Crippen LogP contribution in [0.3, 0.4) is 0 Å². The lowest BCUT2D eigenvalue weighted by Crippen LogP contribution is -2.40. The molecule has 1 aromatic carbocycles. The van der Waals surface area contributed by atoms with Crippen molar-refractivity contribution in [2.24, 2.45) is 5.73 Å². The third-order valence-corrected chi connectivity index (χ3v) is 3.84. The van der Waals surface area contributed by atoms with Crippen LogP contribution in [0.5, 0.6) is 0 Å². The van der Waals surface area contributed by atoms with E-state index in [9.17, 15) is 0 Å². The molecule has 0 aromatic heterocycles. The topological polar surface area (TPSA) is 38.5 Å². The lowest BCUT2D eigenvalue weighted by Gasteiger charge is -2.30. The largest absolute Gasteiger partial charge is 0.379 e. The van der Waals surface area contributed by atoms with E-state index in [0.717, 1.165) is 43.4 Å². The number of nitrogens with zero attached hydrogens (tertiary/aromatic N) is 1. The molecule has 1 unspecified atom stereocenters. The summed E-state index contributed by atoms with van der Waals surface area (Å²) in [6, 6.07) is 5.55. The Kier molecular flexibility index (Phi) is 5.27. The van der Waals surface area contributed by atoms with Crippen molar-refractivity contribution in [3.8, 4) is 0 Å². The number of rotatable bonds is 4. The Hall–Kier alpha value is -0.320. The highest BCUT2D eigenvalue weighted by Gasteiger charge is 2.19. The molecule has 1 aliphatic heterocycles. The molecule has 1 aromatic rings. The van der Waals surface area contributed by atoms with Crippen LogP contribution < -0.4 is 5.73 Å². The quantitative estimate of drug-likeness (QED) is 0.925. The van der Waals surface area contributed by atoms with Gasteiger partial charge in [0.2, 0.25) is 0 Å². The van der Waals surface area contributed by atoms with Gasteiger partial charge in [-0.3, -0.25) is 4.90 Å². The first-order valence-corrected chi connectivity index (χ1v) is 6.91. The Bertz CT molecular complexity index is 395. The number of benzene rings is 1. The van der Waals surface area contributed by atoms with Crippen LogP contribution >= 0.6 is 23.2 Å². The summed E-state index contributed by atoms with van der Waals surface area (Å²) < 4.78 is 5.34. The summed E-state index contributed by atoms with van der Waals surface area (Å²) in [6.45, 7) is 4.96. The first kappa shape index (κ1) is 14.1. The molecule has 1 atom stereocenters. The molecule has 0 saturated carbocycles. The van der Waals surface area contributed by atoms with E-state index in [1.165, 1.54) is 0 Å². The van der Waals surface area contributed by atoms with Crippen molar-refractivity contribution in [2.45, 2.75) is 5.92 Å². The highest BCUT2D eigenvalue weighted by atomic mass is 35.5. The maximum atomic E-state index is 6.23. The van der Waals surface area contributed by atoms with Gasteiger partial charge >= 0.3 is 0 Å². The number of hydrogen-bond acceptors (Lipinski definition) is 3. The summed E-state index contributed by atoms with van der Waals surface area (Å²) in [7, 11) is 0. The van der Waals surface area contributed by atoms with Crippen molar-refractivity contribution in [3.05, 3.63) is 33.8 Å². The summed E-state index contributed by atoms with van der Waals surface area (Å²) in [4.78, 5) is 2.36. The van der Waals surface area contributed by atoms with Gasteiger partial charge in [0.1, 0.15) is 0 Å². The van der Waals surface area contributed by atoms with Crippen LogP contribution in [-0.2, 0) is 4.74 Å². The fourth-order valence-electron chi connectivity index (χ4n) is 2.22. The van der Waals surface area contributed by atoms with Crippen molar-refractivity contribution in [3.63, 3.8) is 0 Å². The van der Waals surface area contributed by atoms with Crippen molar-refractivity contribution in [1.82, 2.24) is 4.90 Å². The minimum Gasteiger partial charge on any atom is -0.379 e. The number of nitrogens with two attached hydrogens (primary N) is 1. The van der Waals surface area contributed by atoms with Crippen LogP contribution in [0.1, 0.15) is 11.5 Å². The maximum absolute atomic E-state index is 6.23. The van der Waals surface area contributed by atoms with Gasteiger partial charge in [-0.25, -0.2) is 0 Å². The molecule has 2 rings (SSSR count). The third-order valence-electron chi connectivity index (χ3n) is 3.26. The summed E-state index contributed by atoms with van der Waals surface area (Å²) >= 11 is 12.3. The van der Waals surface area contributed by atoms with E-state index in [1.54, 1.807) is 6.07 Å². The minimum absolute atomic E-state index is 0.217. The normalized spacial score (nSPS) is 18.8. The van der Waals surface area contributed by atoms with Crippen LogP contribution in [-0.4, -0.2) is 44.3 Å². The highest BCUT2D eigenvalue weighted by Crippen LogP contribution is 2.28. The fourth-order valence-corrected chi connectivity index (χ4v) is 2.68. The standard InChI is InChI=1S/C13H18Cl2N2O/c14-11-1-2-13(15)12(7-11)10(8-16)9-17-3-5-18-6-4-17/h1-2,7,10H,3-6,8-9,16H2. The molecule has 1 heterocycles. The third kappa shape index (κ3) is 3.59. The first-order chi connectivity index (χ1) is 8.70. The average Bonchev–Trinajstić information content (AvgIpc) is 2.40. The predicted octanol–water partition coefficient (Wildman–Crippen LogP) is 2.37. The van der Waals surface area contributed by atoms with E-state index in [0.29, 0.717) is 11.6 Å². The molecule has 0 bridgehead atoms. The second-order valence-corrected chi connectivity index (χ2v) is 5.36. The van der Waals surface area contributed by atoms with Gasteiger partial charge in [-0.05, 0) is 23.8 Å². The van der Waals surface area contributed by atoms with Crippen LogP contribution in [0.25, 0.3) is 0 Å². The molecule has 0 amide bonds. The molecule has 0 aliphatic carbocycles. The number of ether oxygens (including phenoxy) is 1. The summed E-state index contributed by atoms with van der Waals surface area (Å²) in [5, 5.41) is 1.44. The van der Waals surface area contributed by atoms with Gasteiger partial charge < -0.3 is 10.5 Å². The van der Waals surface area contributed by atoms with Crippen LogP contribution in [0.15, 0.2) is 18.2 Å². The Balaban J connectivity index is 2.09. The Morgan fingerprint density at radius 2 is 2.00 bits per heavy atom. The number of morpholine rings is 1. The van der Waals surface area contributed by atoms with E-state index in [2.05, 4.69) is 4.90 Å². The Labute approximate surface area is 118 Å². The molecular formula is C13H18Cl2N2O. The predicted molar refractivity (Wildman–Crippen MR) is 75.5 cm³/mol. The van der Waals surface area contributed by atoms with Gasteiger partial charge in [0.25, 0.3) is 0 Å². The molecule has 18 heavy (non-hydrogen) atoms. The molecule has 3 nitrogen and oxygen atoms in total. The SMILES string of the molecule is NCC(CN1CCOCC1)c1cc(Cl)ccc1Cl. The second-order valence-electron chi connectivity index (χ2n) is 4.51. The average molecular weight is 289 g/mol. The van der Waals surface area contributed by atoms with Gasteiger partial charge in [0, 0.05) is 42.1 Å². The van der Waals surface area contributed by atoms with Crippen molar-refractivity contribution >= 4 is 23.2 Å². The first-order valence-electron chi connectivity index (χ1n) is 6.16. The van der Waals surface area contributed by atoms with Gasteiger partial charge in [-0.15, -0.1) is 0 Å². The smallest absolute Gasteiger partial charge is 0.0594 e. The molecular weight excluding hydrogens is 271 g/mol. The van der Waals surface area contributed by atoms with Crippen molar-refractivity contribution in [1.29, 1.82) is 0 Å². The monoisotopic (exact) mass is 288 g/mol. The molecule has 0 spiro atoms. The van der Waals surface area contributed by atoms with E-state index >= 15 is 0 Å². The molecule has 1 aliphatic rings. The second kappa shape index (κ2) is 6.73. The molecule has 1 fully saturated rings. The zero-order chi connectivity index (χ0) is 13.0. The summed E-state index contributed by atoms with van der Waals surface area (Å²) in [6.07, 6.45) is 0. The van der Waals surface area contributed by atoms with Gasteiger partial charge in [0.05, 0.1) is 13.2 Å². The van der Waals surface area contributed by atoms with E-state index in [4.69, 9.17) is 33.7 Å². The van der Waals surface area contributed by atoms with E-state index < -0.39 is 0 Å². The molecule has 1 saturated heterocycles. The lowest BCUT2D eigenvalue weighted by molar-refractivity contribution is 0.0353. The van der Waals surface area contributed by atoms with Gasteiger partial charge in [0.15, 0.2) is 0 Å². The molecule has 5 heteroatoms. The molecule has 100 valence electrons. The van der Waals surface area contributed by atoms with E-state index in [1.807, 2.05) is 12.1 Å². The summed E-state index contributed by atoms with van der Waals surface area (Å²) in [5.41, 5.74) is 6.92. The van der Waals surface area contributed by atoms with E-state index in [-0.39, 0.29) is 5.92 Å². The minimum atomic E-state index is 0.217. The zero-order valence-electron chi connectivity index (χ0n) is 10.2. The number of hydrogen-bond donors (Lipinski definition) is 1. The van der Waals surface area contributed by atoms with Crippen molar-refractivity contribution in [2.75, 3.05) is 39.4 Å².